The van der Waals surface area contributed by atoms with Crippen LogP contribution in [0.1, 0.15) is 341 Å². The highest BCUT2D eigenvalue weighted by atomic mass is 16.5. The van der Waals surface area contributed by atoms with E-state index in [1.807, 2.05) is 0 Å². The first-order valence-corrected chi connectivity index (χ1v) is 31.1. The quantitative estimate of drug-likeness (QED) is 0.0321. The van der Waals surface area contributed by atoms with Gasteiger partial charge in [0.25, 0.3) is 0 Å². The summed E-state index contributed by atoms with van der Waals surface area (Å²) in [5, 5.41) is 23.4. The van der Waals surface area contributed by atoms with Gasteiger partial charge in [-0.15, -0.1) is 0 Å². The number of rotatable bonds is 58. The lowest BCUT2D eigenvalue weighted by Crippen LogP contribution is -2.45. The Morgan fingerprint density at radius 2 is 0.725 bits per heavy atom. The number of esters is 1. The second kappa shape index (κ2) is 58.9. The van der Waals surface area contributed by atoms with Gasteiger partial charge in [0, 0.05) is 12.8 Å². The number of aliphatic hydroxyl groups excluding tert-OH is 2. The molecule has 6 nitrogen and oxygen atoms in total. The van der Waals surface area contributed by atoms with E-state index < -0.39 is 12.1 Å². The summed E-state index contributed by atoms with van der Waals surface area (Å²) >= 11 is 0. The summed E-state index contributed by atoms with van der Waals surface area (Å²) in [5.74, 6) is -0.0530. The molecule has 0 aliphatic rings. The van der Waals surface area contributed by atoms with Crippen molar-refractivity contribution in [2.45, 2.75) is 353 Å². The van der Waals surface area contributed by atoms with Gasteiger partial charge >= 0.3 is 5.97 Å². The second-order valence-corrected chi connectivity index (χ2v) is 21.4. The normalized spacial score (nSPS) is 12.7. The van der Waals surface area contributed by atoms with Crippen molar-refractivity contribution in [3.63, 3.8) is 0 Å². The number of hydrogen-bond donors (Lipinski definition) is 3. The highest BCUT2D eigenvalue weighted by Crippen LogP contribution is 2.18. The van der Waals surface area contributed by atoms with Gasteiger partial charge in [-0.1, -0.05) is 295 Å². The maximum absolute atomic E-state index is 12.5. The van der Waals surface area contributed by atoms with E-state index in [1.165, 1.54) is 250 Å². The highest BCUT2D eigenvalue weighted by Gasteiger charge is 2.20. The molecule has 0 saturated heterocycles. The zero-order chi connectivity index (χ0) is 50.0. The Hall–Kier alpha value is -1.66. The van der Waals surface area contributed by atoms with Crippen LogP contribution >= 0.6 is 0 Å². The number of ether oxygens (including phenoxy) is 1. The van der Waals surface area contributed by atoms with Crippen molar-refractivity contribution in [3.8, 4) is 0 Å². The van der Waals surface area contributed by atoms with Gasteiger partial charge in [0.05, 0.1) is 25.4 Å². The number of hydrogen-bond acceptors (Lipinski definition) is 5. The van der Waals surface area contributed by atoms with Gasteiger partial charge in [-0.25, -0.2) is 0 Å². The Labute approximate surface area is 431 Å². The van der Waals surface area contributed by atoms with Crippen LogP contribution in [0.4, 0.5) is 0 Å². The minimum absolute atomic E-state index is 0.00821. The molecule has 0 aliphatic heterocycles. The van der Waals surface area contributed by atoms with E-state index in [9.17, 15) is 19.8 Å². The predicted octanol–water partition coefficient (Wildman–Crippen LogP) is 19.4. The molecule has 0 heterocycles. The molecule has 6 heteroatoms. The van der Waals surface area contributed by atoms with Crippen LogP contribution in [-0.4, -0.2) is 47.4 Å². The van der Waals surface area contributed by atoms with E-state index in [2.05, 4.69) is 43.5 Å². The molecule has 0 aromatic carbocycles. The Kier molecular flexibility index (Phi) is 57.5. The molecule has 0 rings (SSSR count). The van der Waals surface area contributed by atoms with Gasteiger partial charge in [-0.3, -0.25) is 9.59 Å². The topological polar surface area (TPSA) is 95.9 Å². The maximum Gasteiger partial charge on any atom is 0.305 e. The summed E-state index contributed by atoms with van der Waals surface area (Å²) in [5.41, 5.74) is 0. The summed E-state index contributed by atoms with van der Waals surface area (Å²) in [6.07, 6.45) is 71.7. The summed E-state index contributed by atoms with van der Waals surface area (Å²) in [6, 6.07) is -0.552. The average molecular weight is 973 g/mol. The monoisotopic (exact) mass is 972 g/mol. The number of amides is 1. The van der Waals surface area contributed by atoms with Gasteiger partial charge in [0.2, 0.25) is 5.91 Å². The fourth-order valence-corrected chi connectivity index (χ4v) is 9.73. The largest absolute Gasteiger partial charge is 0.466 e. The fraction of sp³-hybridized carbons (Fsp3) is 0.905. The number of aliphatic hydroxyl groups is 2. The zero-order valence-electron chi connectivity index (χ0n) is 46.6. The van der Waals surface area contributed by atoms with Gasteiger partial charge in [-0.05, 0) is 57.8 Å². The number of carbonyl (C=O) groups excluding carboxylic acids is 2. The lowest BCUT2D eigenvalue weighted by atomic mass is 10.0. The molecular weight excluding hydrogens is 851 g/mol. The molecule has 408 valence electrons. The molecule has 3 N–H and O–H groups in total. The number of unbranched alkanes of at least 4 members (excludes halogenated alkanes) is 43. The molecule has 0 saturated carbocycles. The number of allylic oxidation sites excluding steroid dienone is 4. The predicted molar refractivity (Wildman–Crippen MR) is 301 cm³/mol. The van der Waals surface area contributed by atoms with E-state index in [0.717, 1.165) is 57.8 Å². The SMILES string of the molecule is CCCCC/C=C\C/C=C\CCCCCCCCCCCC(=O)OCCCCCCCCCCCCCCCC(=O)NC(CO)C(O)CCCCCCCCCCCCCCCCCCCCCC. The van der Waals surface area contributed by atoms with Crippen molar-refractivity contribution in [2.75, 3.05) is 13.2 Å². The van der Waals surface area contributed by atoms with Crippen LogP contribution < -0.4 is 5.32 Å². The molecule has 69 heavy (non-hydrogen) atoms. The number of nitrogens with one attached hydrogen (secondary N) is 1. The van der Waals surface area contributed by atoms with Crippen molar-refractivity contribution in [1.82, 2.24) is 5.32 Å². The summed E-state index contributed by atoms with van der Waals surface area (Å²) in [7, 11) is 0. The van der Waals surface area contributed by atoms with Gasteiger partial charge in [0.15, 0.2) is 0 Å². The first-order valence-electron chi connectivity index (χ1n) is 31.1. The minimum Gasteiger partial charge on any atom is -0.466 e. The molecule has 0 spiro atoms. The van der Waals surface area contributed by atoms with Crippen LogP contribution in [0.5, 0.6) is 0 Å². The summed E-state index contributed by atoms with van der Waals surface area (Å²) < 4.78 is 5.49. The Morgan fingerprint density at radius 3 is 1.13 bits per heavy atom. The Bertz CT molecular complexity index is 1080. The third-order valence-electron chi connectivity index (χ3n) is 14.5. The molecule has 2 unspecified atom stereocenters. The first kappa shape index (κ1) is 67.3. The molecule has 0 bridgehead atoms. The van der Waals surface area contributed by atoms with E-state index in [0.29, 0.717) is 25.9 Å². The Morgan fingerprint density at radius 1 is 0.406 bits per heavy atom. The van der Waals surface area contributed by atoms with Crippen molar-refractivity contribution < 1.29 is 24.5 Å². The maximum atomic E-state index is 12.5. The summed E-state index contributed by atoms with van der Waals surface area (Å²) in [6.45, 7) is 4.93. The van der Waals surface area contributed by atoms with E-state index >= 15 is 0 Å². The van der Waals surface area contributed by atoms with E-state index in [-0.39, 0.29) is 18.5 Å². The average Bonchev–Trinajstić information content (AvgIpc) is 3.35. The molecule has 0 radical (unpaired) electrons. The number of carbonyl (C=O) groups is 2. The van der Waals surface area contributed by atoms with Crippen molar-refractivity contribution in [1.29, 1.82) is 0 Å². The summed E-state index contributed by atoms with van der Waals surface area (Å²) in [4.78, 5) is 24.6. The van der Waals surface area contributed by atoms with Crippen LogP contribution in [0.15, 0.2) is 24.3 Å². The molecule has 0 aliphatic carbocycles. The van der Waals surface area contributed by atoms with Crippen LogP contribution in [0, 0.1) is 0 Å². The van der Waals surface area contributed by atoms with Crippen LogP contribution in [-0.2, 0) is 14.3 Å². The van der Waals surface area contributed by atoms with E-state index in [4.69, 9.17) is 4.74 Å². The van der Waals surface area contributed by atoms with Gasteiger partial charge < -0.3 is 20.3 Å². The zero-order valence-corrected chi connectivity index (χ0v) is 46.6. The molecule has 0 aromatic rings. The highest BCUT2D eigenvalue weighted by molar-refractivity contribution is 5.76. The molecule has 2 atom stereocenters. The standard InChI is InChI=1S/C63H121NO5/c1-3-5-7-9-11-13-15-17-19-21-23-25-26-28-31-35-39-43-47-51-55-61(66)60(59-65)64-62(67)56-52-48-44-40-36-32-30-34-38-42-46-50-54-58-69-63(68)57-53-49-45-41-37-33-29-27-24-22-20-18-16-14-12-10-8-6-4-2/h12,14,18,20,60-61,65-66H,3-11,13,15-17,19,21-59H2,1-2H3,(H,64,67)/b14-12-,20-18-. The smallest absolute Gasteiger partial charge is 0.305 e. The van der Waals surface area contributed by atoms with Crippen LogP contribution in [0.25, 0.3) is 0 Å². The lowest BCUT2D eigenvalue weighted by Gasteiger charge is -2.22. The molecular formula is C63H121NO5. The third kappa shape index (κ3) is 55.5. The third-order valence-corrected chi connectivity index (χ3v) is 14.5. The van der Waals surface area contributed by atoms with Crippen molar-refractivity contribution >= 4 is 11.9 Å². The van der Waals surface area contributed by atoms with Crippen LogP contribution in [0.3, 0.4) is 0 Å². The van der Waals surface area contributed by atoms with Gasteiger partial charge in [0.1, 0.15) is 0 Å². The van der Waals surface area contributed by atoms with Crippen LogP contribution in [0.2, 0.25) is 0 Å². The lowest BCUT2D eigenvalue weighted by molar-refractivity contribution is -0.143. The van der Waals surface area contributed by atoms with Crippen molar-refractivity contribution in [3.05, 3.63) is 24.3 Å². The van der Waals surface area contributed by atoms with E-state index in [1.54, 1.807) is 0 Å². The molecule has 0 aromatic heterocycles. The molecule has 0 fully saturated rings. The van der Waals surface area contributed by atoms with Crippen molar-refractivity contribution in [2.24, 2.45) is 0 Å². The fourth-order valence-electron chi connectivity index (χ4n) is 9.73. The Balaban J connectivity index is 3.43. The molecule has 1 amide bonds. The minimum atomic E-state index is -0.674. The van der Waals surface area contributed by atoms with Gasteiger partial charge in [-0.2, -0.15) is 0 Å². The second-order valence-electron chi connectivity index (χ2n) is 21.4. The first-order chi connectivity index (χ1) is 34.0.